The zero-order valence-corrected chi connectivity index (χ0v) is 44.1. The van der Waals surface area contributed by atoms with Crippen molar-refractivity contribution in [2.45, 2.75) is 149 Å². The molecule has 2 aliphatic rings. The molecule has 0 bridgehead atoms. The molecule has 67 heavy (non-hydrogen) atoms. The lowest BCUT2D eigenvalue weighted by molar-refractivity contribution is -0.213. The van der Waals surface area contributed by atoms with E-state index in [1.807, 2.05) is 62.4 Å². The molecular weight excluding hydrogens is 895 g/mol. The molecule has 0 radical (unpaired) electrons. The van der Waals surface area contributed by atoms with E-state index in [4.69, 9.17) is 59.0 Å². The lowest BCUT2D eigenvalue weighted by Crippen LogP contribution is -2.41. The fourth-order valence-corrected chi connectivity index (χ4v) is 11.1. The van der Waals surface area contributed by atoms with Crippen molar-refractivity contribution in [2.24, 2.45) is 0 Å². The highest BCUT2D eigenvalue weighted by Crippen LogP contribution is 2.49. The predicted molar refractivity (Wildman–Crippen MR) is 264 cm³/mol. The van der Waals surface area contributed by atoms with Gasteiger partial charge in [0.2, 0.25) is 0 Å². The van der Waals surface area contributed by atoms with Crippen molar-refractivity contribution < 1.29 is 59.0 Å². The average molecular weight is 963 g/mol. The Labute approximate surface area is 395 Å². The van der Waals surface area contributed by atoms with Gasteiger partial charge in [-0.05, 0) is 84.0 Å². The van der Waals surface area contributed by atoms with Crippen LogP contribution in [0, 0.1) is 0 Å². The summed E-state index contributed by atoms with van der Waals surface area (Å²) in [4.78, 5) is 0. The highest BCUT2D eigenvalue weighted by Gasteiger charge is 2.56. The minimum Gasteiger partial charge on any atom is -0.497 e. The van der Waals surface area contributed by atoms with Crippen molar-refractivity contribution in [1.82, 2.24) is 0 Å². The monoisotopic (exact) mass is 962 g/mol. The SMILES string of the molecule is COc1cc(C(C)(C)C)c2op(OC[C@H]3O[C@@H]4OC(C)(C)O[C@@H]4[C@H]3Op3oc4c(C(C)(C)C)cc(OC)cc4c4cc(OC)cc(C(C)(C)C)c4o3)oc3c(C(C)(C)C)cc(OC)cc3c2c1. The standard InChI is InChI=1S/C52H68O13P2/c1-48(2,3)36-23-28(53-15)19-32-33-20-29(54-16)24-37(49(4,5)6)42(33)62-66(61-41(32)36)57-27-40-45(46-47(58-40)60-52(13,14)59-46)65-67-63-43-34(21-30(55-17)25-38(43)50(7,8)9)35-22-31(56-18)26-39(44(35)64-67)51(10,11)12/h19-26,40,45-47H,27H2,1-18H3/t40-,45+,46-,47-/m1/s1. The summed E-state index contributed by atoms with van der Waals surface area (Å²) >= 11 is 0. The smallest absolute Gasteiger partial charge is 0.387 e. The quantitative estimate of drug-likeness (QED) is 0.136. The van der Waals surface area contributed by atoms with Gasteiger partial charge in [0.1, 0.15) is 63.6 Å². The maximum atomic E-state index is 7.12. The molecule has 2 fully saturated rings. The lowest BCUT2D eigenvalue weighted by atomic mass is 9.84. The van der Waals surface area contributed by atoms with Crippen molar-refractivity contribution >= 4 is 60.4 Å². The van der Waals surface area contributed by atoms with E-state index in [0.29, 0.717) is 45.3 Å². The third-order valence-electron chi connectivity index (χ3n) is 12.3. The fraction of sp³-hybridized carbons (Fsp3) is 0.538. The predicted octanol–water partition coefficient (Wildman–Crippen LogP) is 13.9. The third kappa shape index (κ3) is 9.68. The van der Waals surface area contributed by atoms with Crippen molar-refractivity contribution in [3.8, 4) is 23.0 Å². The van der Waals surface area contributed by atoms with Crippen LogP contribution in [0.4, 0.5) is 0 Å². The Morgan fingerprint density at radius 3 is 1.12 bits per heavy atom. The second-order valence-electron chi connectivity index (χ2n) is 22.0. The summed E-state index contributed by atoms with van der Waals surface area (Å²) in [5.41, 5.74) is 4.77. The number of hydrogen-bond donors (Lipinski definition) is 0. The first kappa shape index (κ1) is 49.1. The molecule has 0 amide bonds. The van der Waals surface area contributed by atoms with E-state index >= 15 is 0 Å². The maximum Gasteiger partial charge on any atom is 0.387 e. The first-order valence-electron chi connectivity index (χ1n) is 22.8. The van der Waals surface area contributed by atoms with E-state index in [9.17, 15) is 0 Å². The Kier molecular flexibility index (Phi) is 12.9. The van der Waals surface area contributed by atoms with Gasteiger partial charge in [-0.15, -0.1) is 0 Å². The lowest BCUT2D eigenvalue weighted by Gasteiger charge is -2.24. The topological polar surface area (TPSA) is 136 Å². The van der Waals surface area contributed by atoms with Gasteiger partial charge in [0.25, 0.3) is 0 Å². The fourth-order valence-electron chi connectivity index (χ4n) is 8.78. The average Bonchev–Trinajstić information content (AvgIpc) is 3.56. The molecule has 4 atom stereocenters. The first-order chi connectivity index (χ1) is 31.2. The molecule has 0 N–H and O–H groups in total. The van der Waals surface area contributed by atoms with Gasteiger partial charge < -0.3 is 49.9 Å². The molecule has 13 nitrogen and oxygen atoms in total. The van der Waals surface area contributed by atoms with Gasteiger partial charge >= 0.3 is 16.5 Å². The molecule has 4 aromatic carbocycles. The molecule has 364 valence electrons. The maximum absolute atomic E-state index is 7.12. The van der Waals surface area contributed by atoms with Crippen molar-refractivity contribution in [1.29, 1.82) is 0 Å². The molecular formula is C52H68O13P2. The zero-order valence-electron chi connectivity index (χ0n) is 42.3. The Hall–Kier alpha value is -4.32. The van der Waals surface area contributed by atoms with Crippen LogP contribution in [0.15, 0.2) is 65.3 Å². The highest BCUT2D eigenvalue weighted by atomic mass is 31.1. The largest absolute Gasteiger partial charge is 0.497 e. The van der Waals surface area contributed by atoms with Crippen LogP contribution in [0.25, 0.3) is 43.9 Å². The minimum absolute atomic E-state index is 0.0194. The van der Waals surface area contributed by atoms with Crippen molar-refractivity contribution in [2.75, 3.05) is 35.0 Å². The van der Waals surface area contributed by atoms with Gasteiger partial charge in [-0.25, -0.2) is 0 Å². The number of rotatable bonds is 9. The molecule has 15 heteroatoms. The minimum atomic E-state index is -2.20. The van der Waals surface area contributed by atoms with Crippen molar-refractivity contribution in [3.05, 3.63) is 70.8 Å². The van der Waals surface area contributed by atoms with Gasteiger partial charge in [0, 0.05) is 43.8 Å². The molecule has 0 saturated carbocycles. The van der Waals surface area contributed by atoms with Gasteiger partial charge in [-0.3, -0.25) is 9.05 Å². The Morgan fingerprint density at radius 1 is 0.478 bits per heavy atom. The molecule has 4 heterocycles. The third-order valence-corrected chi connectivity index (χ3v) is 14.4. The summed E-state index contributed by atoms with van der Waals surface area (Å²) in [5.74, 6) is 1.80. The summed E-state index contributed by atoms with van der Waals surface area (Å²) in [6, 6.07) is 16.0. The van der Waals surface area contributed by atoms with Crippen LogP contribution < -0.4 is 28.0 Å². The second kappa shape index (κ2) is 17.6. The van der Waals surface area contributed by atoms with Crippen LogP contribution in [0.5, 0.6) is 23.0 Å². The molecule has 2 saturated heterocycles. The summed E-state index contributed by atoms with van der Waals surface area (Å²) < 4.78 is 84.9. The van der Waals surface area contributed by atoms with Crippen LogP contribution in [0.3, 0.4) is 0 Å². The van der Waals surface area contributed by atoms with E-state index in [2.05, 4.69) is 83.1 Å². The normalized spacial score (nSPS) is 19.9. The van der Waals surface area contributed by atoms with Gasteiger partial charge in [-0.2, -0.15) is 0 Å². The summed E-state index contributed by atoms with van der Waals surface area (Å²) in [6.07, 6.45) is -2.97. The van der Waals surface area contributed by atoms with E-state index in [1.165, 1.54) is 0 Å². The van der Waals surface area contributed by atoms with Gasteiger partial charge in [-0.1, -0.05) is 83.1 Å². The molecule has 2 aromatic heterocycles. The molecule has 0 unspecified atom stereocenters. The summed E-state index contributed by atoms with van der Waals surface area (Å²) in [6.45, 7) is 29.4. The van der Waals surface area contributed by atoms with Crippen molar-refractivity contribution in [3.63, 3.8) is 0 Å². The number of benzene rings is 4. The van der Waals surface area contributed by atoms with Crippen LogP contribution in [-0.2, 0) is 35.9 Å². The van der Waals surface area contributed by atoms with E-state index in [0.717, 1.165) is 43.8 Å². The number of hydrogen-bond acceptors (Lipinski definition) is 13. The second-order valence-corrected chi connectivity index (χ2v) is 24.1. The molecule has 0 aliphatic carbocycles. The molecule has 8 rings (SSSR count). The molecule has 2 aliphatic heterocycles. The zero-order chi connectivity index (χ0) is 48.8. The van der Waals surface area contributed by atoms with E-state index in [1.54, 1.807) is 28.4 Å². The summed E-state index contributed by atoms with van der Waals surface area (Å²) in [5, 5.41) is 3.20. The van der Waals surface area contributed by atoms with Gasteiger partial charge in [0.05, 0.1) is 35.0 Å². The Morgan fingerprint density at radius 2 is 0.806 bits per heavy atom. The van der Waals surface area contributed by atoms with E-state index < -0.39 is 46.9 Å². The number of ether oxygens (including phenoxy) is 7. The van der Waals surface area contributed by atoms with Crippen LogP contribution in [0.1, 0.15) is 119 Å². The van der Waals surface area contributed by atoms with Crippen LogP contribution in [0.2, 0.25) is 0 Å². The summed E-state index contributed by atoms with van der Waals surface area (Å²) in [7, 11) is 2.36. The highest BCUT2D eigenvalue weighted by molar-refractivity contribution is 7.32. The molecule has 0 spiro atoms. The van der Waals surface area contributed by atoms with E-state index in [-0.39, 0.29) is 28.3 Å². The molecule has 6 aromatic rings. The Balaban J connectivity index is 1.32. The number of methoxy groups -OCH3 is 4. The number of fused-ring (bicyclic) bond motifs is 7. The van der Waals surface area contributed by atoms with Gasteiger partial charge in [0.15, 0.2) is 12.1 Å². The van der Waals surface area contributed by atoms with Crippen LogP contribution in [-0.4, -0.2) is 65.4 Å². The van der Waals surface area contributed by atoms with Crippen LogP contribution >= 0.6 is 16.5 Å². The first-order valence-corrected chi connectivity index (χ1v) is 25.0. The Bertz CT molecular complexity index is 2750.